The number of carbonyl (C=O) groups excluding carboxylic acids is 1. The molecule has 3 nitrogen and oxygen atoms in total. The van der Waals surface area contributed by atoms with Crippen LogP contribution in [0.3, 0.4) is 0 Å². The Morgan fingerprint density at radius 2 is 2.06 bits per heavy atom. The number of nitrogens with zero attached hydrogens (tertiary/aromatic N) is 1. The molecule has 1 aliphatic heterocycles. The normalized spacial score (nSPS) is 16.2. The van der Waals surface area contributed by atoms with Crippen LogP contribution in [0.15, 0.2) is 18.2 Å². The predicted molar refractivity (Wildman–Crippen MR) is 69.1 cm³/mol. The van der Waals surface area contributed by atoms with E-state index in [-0.39, 0.29) is 5.91 Å². The molecule has 0 aromatic heterocycles. The molecule has 0 atom stereocenters. The Hall–Kier alpha value is -0.870. The summed E-state index contributed by atoms with van der Waals surface area (Å²) in [5.74, 6) is 2.00. The van der Waals surface area contributed by atoms with Gasteiger partial charge in [-0.3, -0.25) is 4.79 Å². The topological polar surface area (TPSA) is 46.3 Å². The zero-order valence-corrected chi connectivity index (χ0v) is 10.4. The van der Waals surface area contributed by atoms with Gasteiger partial charge in [0.05, 0.1) is 10.6 Å². The highest BCUT2D eigenvalue weighted by molar-refractivity contribution is 7.99. The van der Waals surface area contributed by atoms with Crippen LogP contribution in [0.1, 0.15) is 10.4 Å². The number of hydrogen-bond donors (Lipinski definition) is 1. The quantitative estimate of drug-likeness (QED) is 0.783. The van der Waals surface area contributed by atoms with Crippen LogP contribution in [0, 0.1) is 0 Å². The van der Waals surface area contributed by atoms with Crippen LogP contribution < -0.4 is 5.73 Å². The number of benzene rings is 1. The Balaban J connectivity index is 2.19. The molecular formula is C11H13ClN2OS. The molecule has 0 aliphatic carbocycles. The van der Waals surface area contributed by atoms with Gasteiger partial charge >= 0.3 is 0 Å². The maximum atomic E-state index is 12.1. The number of nitrogens with two attached hydrogens (primary N) is 1. The van der Waals surface area contributed by atoms with Crippen LogP contribution in [0.5, 0.6) is 0 Å². The van der Waals surface area contributed by atoms with E-state index in [0.29, 0.717) is 16.3 Å². The average molecular weight is 257 g/mol. The second-order valence-corrected chi connectivity index (χ2v) is 5.28. The molecular weight excluding hydrogens is 244 g/mol. The summed E-state index contributed by atoms with van der Waals surface area (Å²) in [6.45, 7) is 1.59. The van der Waals surface area contributed by atoms with Crippen molar-refractivity contribution >= 4 is 35.0 Å². The molecule has 5 heteroatoms. The molecule has 1 aromatic rings. The Labute approximate surface area is 104 Å². The van der Waals surface area contributed by atoms with E-state index in [0.717, 1.165) is 24.6 Å². The zero-order chi connectivity index (χ0) is 11.5. The average Bonchev–Trinajstić information content (AvgIpc) is 2.29. The van der Waals surface area contributed by atoms with Crippen LogP contribution in [0.2, 0.25) is 5.02 Å². The van der Waals surface area contributed by atoms with Gasteiger partial charge in [-0.05, 0) is 18.2 Å². The molecule has 1 aromatic carbocycles. The Morgan fingerprint density at radius 1 is 1.38 bits per heavy atom. The minimum absolute atomic E-state index is 0.00491. The molecule has 86 valence electrons. The first-order valence-electron chi connectivity index (χ1n) is 5.10. The lowest BCUT2D eigenvalue weighted by Crippen LogP contribution is -2.38. The van der Waals surface area contributed by atoms with E-state index in [2.05, 4.69) is 0 Å². The van der Waals surface area contributed by atoms with Crippen molar-refractivity contribution < 1.29 is 4.79 Å². The molecule has 2 rings (SSSR count). The molecule has 0 spiro atoms. The lowest BCUT2D eigenvalue weighted by Gasteiger charge is -2.26. The van der Waals surface area contributed by atoms with Gasteiger partial charge in [0, 0.05) is 30.3 Å². The smallest absolute Gasteiger partial charge is 0.255 e. The van der Waals surface area contributed by atoms with E-state index in [4.69, 9.17) is 17.3 Å². The molecule has 1 aliphatic rings. The minimum atomic E-state index is 0.00491. The van der Waals surface area contributed by atoms with Crippen LogP contribution >= 0.6 is 23.4 Å². The Kier molecular flexibility index (Phi) is 3.61. The summed E-state index contributed by atoms with van der Waals surface area (Å²) >= 11 is 7.88. The van der Waals surface area contributed by atoms with Gasteiger partial charge in [0.25, 0.3) is 5.91 Å². The SMILES string of the molecule is Nc1ccc(C(=O)N2CCSCC2)c(Cl)c1. The van der Waals surface area contributed by atoms with E-state index in [1.165, 1.54) is 0 Å². The number of nitrogen functional groups attached to an aromatic ring is 1. The van der Waals surface area contributed by atoms with Gasteiger partial charge in [-0.2, -0.15) is 11.8 Å². The van der Waals surface area contributed by atoms with Gasteiger partial charge in [0.15, 0.2) is 0 Å². The standard InChI is InChI=1S/C11H13ClN2OS/c12-10-7-8(13)1-2-9(10)11(15)14-3-5-16-6-4-14/h1-2,7H,3-6,13H2. The first-order valence-corrected chi connectivity index (χ1v) is 6.64. The van der Waals surface area contributed by atoms with Crippen LogP contribution in [0.4, 0.5) is 5.69 Å². The first kappa shape index (κ1) is 11.6. The van der Waals surface area contributed by atoms with Gasteiger partial charge in [-0.1, -0.05) is 11.6 Å². The number of amides is 1. The third kappa shape index (κ3) is 2.44. The van der Waals surface area contributed by atoms with Crippen molar-refractivity contribution in [3.05, 3.63) is 28.8 Å². The third-order valence-electron chi connectivity index (χ3n) is 2.52. The number of anilines is 1. The highest BCUT2D eigenvalue weighted by Crippen LogP contribution is 2.22. The Bertz CT molecular complexity index is 405. The number of carbonyl (C=O) groups is 1. The summed E-state index contributed by atoms with van der Waals surface area (Å²) in [7, 11) is 0. The molecule has 0 bridgehead atoms. The fourth-order valence-electron chi connectivity index (χ4n) is 1.64. The van der Waals surface area contributed by atoms with Crippen molar-refractivity contribution in [2.75, 3.05) is 30.3 Å². The van der Waals surface area contributed by atoms with Gasteiger partial charge in [0.2, 0.25) is 0 Å². The van der Waals surface area contributed by atoms with Gasteiger partial charge in [-0.15, -0.1) is 0 Å². The summed E-state index contributed by atoms with van der Waals surface area (Å²) in [4.78, 5) is 14.0. The molecule has 1 fully saturated rings. The number of halogens is 1. The number of rotatable bonds is 1. The number of hydrogen-bond acceptors (Lipinski definition) is 3. The van der Waals surface area contributed by atoms with Crippen molar-refractivity contribution in [2.24, 2.45) is 0 Å². The van der Waals surface area contributed by atoms with Crippen molar-refractivity contribution in [1.82, 2.24) is 4.90 Å². The van der Waals surface area contributed by atoms with Crippen molar-refractivity contribution in [2.45, 2.75) is 0 Å². The fourth-order valence-corrected chi connectivity index (χ4v) is 2.81. The van der Waals surface area contributed by atoms with Crippen LogP contribution in [0.25, 0.3) is 0 Å². The van der Waals surface area contributed by atoms with Crippen molar-refractivity contribution in [3.8, 4) is 0 Å². The second kappa shape index (κ2) is 4.97. The van der Waals surface area contributed by atoms with Crippen LogP contribution in [-0.4, -0.2) is 35.4 Å². The van der Waals surface area contributed by atoms with Gasteiger partial charge in [-0.25, -0.2) is 0 Å². The fraction of sp³-hybridized carbons (Fsp3) is 0.364. The monoisotopic (exact) mass is 256 g/mol. The lowest BCUT2D eigenvalue weighted by atomic mass is 10.2. The van der Waals surface area contributed by atoms with E-state index < -0.39 is 0 Å². The first-order chi connectivity index (χ1) is 7.68. The second-order valence-electron chi connectivity index (χ2n) is 3.64. The summed E-state index contributed by atoms with van der Waals surface area (Å²) in [5, 5.41) is 0.434. The van der Waals surface area contributed by atoms with Gasteiger partial charge < -0.3 is 10.6 Å². The maximum absolute atomic E-state index is 12.1. The summed E-state index contributed by atoms with van der Waals surface area (Å²) < 4.78 is 0. The highest BCUT2D eigenvalue weighted by Gasteiger charge is 2.20. The minimum Gasteiger partial charge on any atom is -0.399 e. The number of thioether (sulfide) groups is 1. The van der Waals surface area contributed by atoms with Gasteiger partial charge in [0.1, 0.15) is 0 Å². The van der Waals surface area contributed by atoms with E-state index >= 15 is 0 Å². The lowest BCUT2D eigenvalue weighted by molar-refractivity contribution is 0.0772. The highest BCUT2D eigenvalue weighted by atomic mass is 35.5. The largest absolute Gasteiger partial charge is 0.399 e. The van der Waals surface area contributed by atoms with E-state index in [1.807, 2.05) is 16.7 Å². The maximum Gasteiger partial charge on any atom is 0.255 e. The predicted octanol–water partition coefficient (Wildman–Crippen LogP) is 2.11. The molecule has 1 saturated heterocycles. The molecule has 1 amide bonds. The van der Waals surface area contributed by atoms with E-state index in [1.54, 1.807) is 18.2 Å². The summed E-state index contributed by atoms with van der Waals surface area (Å²) in [5.41, 5.74) is 6.72. The van der Waals surface area contributed by atoms with Crippen molar-refractivity contribution in [3.63, 3.8) is 0 Å². The summed E-state index contributed by atoms with van der Waals surface area (Å²) in [6.07, 6.45) is 0. The van der Waals surface area contributed by atoms with E-state index in [9.17, 15) is 4.79 Å². The zero-order valence-electron chi connectivity index (χ0n) is 8.78. The molecule has 0 radical (unpaired) electrons. The molecule has 2 N–H and O–H groups in total. The molecule has 1 heterocycles. The molecule has 0 unspecified atom stereocenters. The third-order valence-corrected chi connectivity index (χ3v) is 3.78. The Morgan fingerprint density at radius 3 is 2.69 bits per heavy atom. The van der Waals surface area contributed by atoms with Crippen LogP contribution in [-0.2, 0) is 0 Å². The molecule has 0 saturated carbocycles. The summed E-state index contributed by atoms with van der Waals surface area (Å²) in [6, 6.07) is 5.02. The van der Waals surface area contributed by atoms with Crippen molar-refractivity contribution in [1.29, 1.82) is 0 Å². The molecule has 16 heavy (non-hydrogen) atoms.